The molecule has 0 nitrogen and oxygen atoms in total. The van der Waals surface area contributed by atoms with E-state index in [1.807, 2.05) is 0 Å². The summed E-state index contributed by atoms with van der Waals surface area (Å²) in [7, 11) is 0. The van der Waals surface area contributed by atoms with Crippen molar-refractivity contribution in [2.75, 3.05) is 5.08 Å². The largest absolute Gasteiger partial charge is 0.122 e. The van der Waals surface area contributed by atoms with E-state index in [9.17, 15) is 0 Å². The number of hydrogen-bond donors (Lipinski definition) is 4. The zero-order chi connectivity index (χ0) is 9.12. The molecular weight excluding hydrogens is 330 g/mol. The van der Waals surface area contributed by atoms with E-state index in [1.165, 1.54) is 0 Å². The molecule has 0 spiro atoms. The maximum absolute atomic E-state index is 4.99. The summed E-state index contributed by atoms with van der Waals surface area (Å²) in [6.45, 7) is 0. The van der Waals surface area contributed by atoms with Gasteiger partial charge >= 0.3 is 0 Å². The first-order valence-corrected chi connectivity index (χ1v) is 15.5. The van der Waals surface area contributed by atoms with Crippen LogP contribution in [0.3, 0.4) is 0 Å². The Morgan fingerprint density at radius 3 is 1.36 bits per heavy atom. The average molecular weight is 337 g/mol. The molecule has 0 aromatic carbocycles. The highest BCUT2D eigenvalue weighted by molar-refractivity contribution is 9.21. The van der Waals surface area contributed by atoms with Gasteiger partial charge in [0.2, 0.25) is 0 Å². The van der Waals surface area contributed by atoms with E-state index >= 15 is 0 Å². The molecule has 0 rings (SSSR count). The number of hydrogen-bond acceptors (Lipinski definition) is 4. The Hall–Kier alpha value is 3.40. The van der Waals surface area contributed by atoms with Crippen LogP contribution in [0.1, 0.15) is 0 Å². The second kappa shape index (κ2) is 6.09. The van der Waals surface area contributed by atoms with E-state index in [2.05, 4.69) is 49.0 Å². The third kappa shape index (κ3) is 13.4. The average Bonchev–Trinajstić information content (AvgIpc) is 1.55. The highest BCUT2D eigenvalue weighted by atomic mass is 33.5. The van der Waals surface area contributed by atoms with Gasteiger partial charge in [-0.25, -0.2) is 0 Å². The molecule has 68 valence electrons. The lowest BCUT2D eigenvalue weighted by Gasteiger charge is -2.09. The second-order valence-corrected chi connectivity index (χ2v) is 29.9. The molecule has 0 unspecified atom stereocenters. The first-order chi connectivity index (χ1) is 4.71. The van der Waals surface area contributed by atoms with Crippen LogP contribution >= 0.6 is 79.0 Å². The Kier molecular flexibility index (Phi) is 7.97. The summed E-state index contributed by atoms with van der Waals surface area (Å²) >= 11 is 29.7. The zero-order valence-electron chi connectivity index (χ0n) is 5.02. The maximum Gasteiger partial charge on any atom is 0.104 e. The van der Waals surface area contributed by atoms with Crippen LogP contribution < -0.4 is 0 Å². The van der Waals surface area contributed by atoms with Gasteiger partial charge in [0, 0.05) is 0 Å². The normalized spacial score (nSPS) is 13.5. The minimum atomic E-state index is -1.73. The molecule has 0 aliphatic heterocycles. The molecule has 0 N–H and O–H groups in total. The number of thiol groups is 4. The van der Waals surface area contributed by atoms with E-state index in [4.69, 9.17) is 23.6 Å². The van der Waals surface area contributed by atoms with E-state index < -0.39 is 7.29 Å². The van der Waals surface area contributed by atoms with Crippen molar-refractivity contribution in [3.8, 4) is 0 Å². The van der Waals surface area contributed by atoms with Crippen LogP contribution in [0.4, 0.5) is 0 Å². The van der Waals surface area contributed by atoms with Gasteiger partial charge in [-0.1, -0.05) is 46.4 Å². The summed E-state index contributed by atoms with van der Waals surface area (Å²) in [4.78, 5) is 0. The van der Waals surface area contributed by atoms with Crippen molar-refractivity contribution >= 4 is 103 Å². The Bertz CT molecular complexity index is 174. The van der Waals surface area contributed by atoms with Crippen LogP contribution in [0.15, 0.2) is 0 Å². The molecule has 0 saturated carbocycles. The maximum atomic E-state index is 4.99. The van der Waals surface area contributed by atoms with Gasteiger partial charge in [0.1, 0.15) is 7.29 Å². The summed E-state index contributed by atoms with van der Waals surface area (Å²) in [6, 6.07) is 0. The van der Waals surface area contributed by atoms with Gasteiger partial charge in [0.25, 0.3) is 0 Å². The highest BCUT2D eigenvalue weighted by Gasteiger charge is 2.09. The molecule has 0 amide bonds. The molecule has 0 bridgehead atoms. The fourth-order valence-electron chi connectivity index (χ4n) is 0.161. The molecule has 0 aliphatic carbocycles. The van der Waals surface area contributed by atoms with Crippen LogP contribution in [0.25, 0.3) is 0 Å². The van der Waals surface area contributed by atoms with Gasteiger partial charge < -0.3 is 0 Å². The Morgan fingerprint density at radius 2 is 1.18 bits per heavy atom. The molecule has 0 aliphatic rings. The molecule has 0 radical (unpaired) electrons. The topological polar surface area (TPSA) is 0 Å². The van der Waals surface area contributed by atoms with Crippen LogP contribution in [0.2, 0.25) is 0 Å². The standard InChI is InChI=1S/CH6P2S8/c4-2(5,6)10-1-11-3(7,8)9/h1H2,(H2,4,5,6)(H2,7,8,9). The van der Waals surface area contributed by atoms with Crippen molar-refractivity contribution in [1.29, 1.82) is 0 Å². The van der Waals surface area contributed by atoms with Crippen LogP contribution in [0, 0.1) is 0 Å². The van der Waals surface area contributed by atoms with Crippen molar-refractivity contribution in [2.24, 2.45) is 0 Å². The summed E-state index contributed by atoms with van der Waals surface area (Å²) in [5.74, 6) is 0. The Morgan fingerprint density at radius 1 is 0.909 bits per heavy atom. The van der Waals surface area contributed by atoms with Crippen molar-refractivity contribution in [3.63, 3.8) is 0 Å². The molecule has 0 aromatic heterocycles. The minimum absolute atomic E-state index is 0.786. The highest BCUT2D eigenvalue weighted by Crippen LogP contribution is 2.73. The second-order valence-electron chi connectivity index (χ2n) is 1.36. The molecule has 10 heteroatoms. The molecule has 0 saturated heterocycles. The number of rotatable bonds is 4. The predicted molar refractivity (Wildman–Crippen MR) is 84.6 cm³/mol. The van der Waals surface area contributed by atoms with Crippen molar-refractivity contribution < 1.29 is 0 Å². The smallest absolute Gasteiger partial charge is 0.104 e. The van der Waals surface area contributed by atoms with Crippen molar-refractivity contribution in [1.82, 2.24) is 0 Å². The van der Waals surface area contributed by atoms with Gasteiger partial charge in [0.05, 0.1) is 5.08 Å². The van der Waals surface area contributed by atoms with Crippen LogP contribution in [0.5, 0.6) is 0 Å². The van der Waals surface area contributed by atoms with Gasteiger partial charge in [-0.3, -0.25) is 0 Å². The summed E-state index contributed by atoms with van der Waals surface area (Å²) in [5, 5.41) is 0.786. The van der Waals surface area contributed by atoms with Gasteiger partial charge in [-0.05, 0) is 0 Å². The molecule has 0 aromatic rings. The predicted octanol–water partition coefficient (Wildman–Crippen LogP) is 4.58. The summed E-state index contributed by atoms with van der Waals surface area (Å²) in [6.07, 6.45) is 0. The lowest BCUT2D eigenvalue weighted by molar-refractivity contribution is 2.35. The van der Waals surface area contributed by atoms with Crippen LogP contribution in [-0.4, -0.2) is 5.08 Å². The lowest BCUT2D eigenvalue weighted by Crippen LogP contribution is -1.59. The van der Waals surface area contributed by atoms with E-state index in [-0.39, 0.29) is 0 Å². The van der Waals surface area contributed by atoms with Gasteiger partial charge in [0.15, 0.2) is 0 Å². The van der Waals surface area contributed by atoms with E-state index in [0.717, 1.165) is 5.08 Å². The summed E-state index contributed by atoms with van der Waals surface area (Å²) in [5.41, 5.74) is 0. The van der Waals surface area contributed by atoms with Crippen molar-refractivity contribution in [2.45, 2.75) is 0 Å². The molecule has 0 atom stereocenters. The molecule has 11 heavy (non-hydrogen) atoms. The first kappa shape index (κ1) is 14.4. The third-order valence-electron chi connectivity index (χ3n) is 0.442. The molecule has 0 fully saturated rings. The molecule has 0 heterocycles. The van der Waals surface area contributed by atoms with E-state index in [1.54, 1.807) is 22.8 Å². The van der Waals surface area contributed by atoms with Gasteiger partial charge in [-0.15, -0.1) is 49.0 Å². The zero-order valence-corrected chi connectivity index (χ0v) is 13.7. The van der Waals surface area contributed by atoms with Crippen molar-refractivity contribution in [3.05, 3.63) is 0 Å². The molecular formula is CH6P2S8. The quantitative estimate of drug-likeness (QED) is 0.337. The third-order valence-corrected chi connectivity index (χ3v) is 11.9. The minimum Gasteiger partial charge on any atom is -0.122 e. The first-order valence-electron chi connectivity index (χ1n) is 2.11. The SMILES string of the molecule is S=P(S)(S)SCSP(=S)(S)S. The Balaban J connectivity index is 3.61. The van der Waals surface area contributed by atoms with Gasteiger partial charge in [-0.2, -0.15) is 0 Å². The summed E-state index contributed by atoms with van der Waals surface area (Å²) < 4.78 is -3.46. The Labute approximate surface area is 106 Å². The fraction of sp³-hybridized carbons (Fsp3) is 1.00. The fourth-order valence-corrected chi connectivity index (χ4v) is 13.0. The van der Waals surface area contributed by atoms with E-state index in [0.29, 0.717) is 0 Å². The lowest BCUT2D eigenvalue weighted by atomic mass is 11.9. The van der Waals surface area contributed by atoms with Crippen LogP contribution in [-0.2, 0) is 23.6 Å². The monoisotopic (exact) mass is 336 g/mol.